The molecule has 2 aromatic rings. The smallest absolute Gasteiger partial charge is 0.317 e. The van der Waals surface area contributed by atoms with Crippen LogP contribution in [0.4, 0.5) is 10.5 Å². The van der Waals surface area contributed by atoms with Gasteiger partial charge in [-0.25, -0.2) is 4.79 Å². The van der Waals surface area contributed by atoms with Gasteiger partial charge in [-0.3, -0.25) is 4.79 Å². The molecule has 4 rings (SSSR count). The molecule has 0 radical (unpaired) electrons. The summed E-state index contributed by atoms with van der Waals surface area (Å²) in [5.74, 6) is 0.182. The zero-order chi connectivity index (χ0) is 19.3. The Balaban J connectivity index is 1.31. The topological polar surface area (TPSA) is 61.9 Å². The number of hydrogen-bond donors (Lipinski definition) is 1. The lowest BCUT2D eigenvalue weighted by Crippen LogP contribution is -2.46. The number of nitrogens with zero attached hydrogens (tertiary/aromatic N) is 2. The molecule has 0 saturated carbocycles. The number of benzene rings is 2. The molecule has 0 bridgehead atoms. The van der Waals surface area contributed by atoms with E-state index in [-0.39, 0.29) is 18.0 Å². The van der Waals surface area contributed by atoms with Crippen molar-refractivity contribution in [2.24, 2.45) is 0 Å². The summed E-state index contributed by atoms with van der Waals surface area (Å²) in [6, 6.07) is 17.7. The fourth-order valence-corrected chi connectivity index (χ4v) is 3.71. The summed E-state index contributed by atoms with van der Waals surface area (Å²) in [7, 11) is 0. The lowest BCUT2D eigenvalue weighted by Gasteiger charge is -2.33. The first-order valence-corrected chi connectivity index (χ1v) is 9.79. The molecule has 0 spiro atoms. The minimum atomic E-state index is -0.0852. The number of anilines is 1. The Bertz CT molecular complexity index is 823. The quantitative estimate of drug-likeness (QED) is 0.888. The van der Waals surface area contributed by atoms with Crippen molar-refractivity contribution in [3.05, 3.63) is 65.7 Å². The average molecular weight is 379 g/mol. The molecule has 2 aromatic carbocycles. The predicted molar refractivity (Wildman–Crippen MR) is 107 cm³/mol. The van der Waals surface area contributed by atoms with Crippen LogP contribution < -0.4 is 10.2 Å². The first-order chi connectivity index (χ1) is 13.7. The van der Waals surface area contributed by atoms with Gasteiger partial charge in [0.25, 0.3) is 0 Å². The Kier molecular flexibility index (Phi) is 5.58. The molecule has 3 amide bonds. The van der Waals surface area contributed by atoms with Gasteiger partial charge >= 0.3 is 6.03 Å². The molecule has 28 heavy (non-hydrogen) atoms. The van der Waals surface area contributed by atoms with Crippen LogP contribution in [0.2, 0.25) is 0 Å². The van der Waals surface area contributed by atoms with E-state index in [1.807, 2.05) is 59.5 Å². The zero-order valence-electron chi connectivity index (χ0n) is 15.8. The number of ether oxygens (including phenoxy) is 1. The summed E-state index contributed by atoms with van der Waals surface area (Å²) in [5.41, 5.74) is 3.03. The second kappa shape index (κ2) is 8.44. The van der Waals surface area contributed by atoms with Gasteiger partial charge in [-0.05, 0) is 29.7 Å². The number of nitrogens with one attached hydrogen (secondary N) is 1. The van der Waals surface area contributed by atoms with E-state index in [4.69, 9.17) is 4.74 Å². The Morgan fingerprint density at radius 1 is 1.07 bits per heavy atom. The van der Waals surface area contributed by atoms with E-state index in [1.54, 1.807) is 4.90 Å². The zero-order valence-corrected chi connectivity index (χ0v) is 15.8. The van der Waals surface area contributed by atoms with Crippen LogP contribution in [0.5, 0.6) is 0 Å². The van der Waals surface area contributed by atoms with Crippen molar-refractivity contribution < 1.29 is 14.3 Å². The molecule has 1 atom stereocenters. The molecule has 2 aliphatic rings. The highest BCUT2D eigenvalue weighted by Crippen LogP contribution is 2.23. The van der Waals surface area contributed by atoms with Crippen molar-refractivity contribution in [2.45, 2.75) is 25.5 Å². The number of morpholine rings is 1. The third kappa shape index (κ3) is 4.17. The van der Waals surface area contributed by atoms with Crippen LogP contribution in [0.25, 0.3) is 0 Å². The normalized spacial score (nSPS) is 19.7. The third-order valence-electron chi connectivity index (χ3n) is 5.29. The Labute approximate surface area is 165 Å². The Hall–Kier alpha value is -2.86. The van der Waals surface area contributed by atoms with Crippen molar-refractivity contribution in [3.8, 4) is 0 Å². The molecule has 2 aliphatic heterocycles. The molecule has 1 N–H and O–H groups in total. The maximum atomic E-state index is 12.6. The third-order valence-corrected chi connectivity index (χ3v) is 5.29. The number of carbonyl (C=O) groups excluding carboxylic acids is 2. The number of carbonyl (C=O) groups is 2. The molecular formula is C22H25N3O3. The van der Waals surface area contributed by atoms with Gasteiger partial charge in [0.15, 0.2) is 0 Å². The summed E-state index contributed by atoms with van der Waals surface area (Å²) in [4.78, 5) is 28.0. The first-order valence-electron chi connectivity index (χ1n) is 9.79. The molecule has 2 fully saturated rings. The van der Waals surface area contributed by atoms with Gasteiger partial charge < -0.3 is 19.9 Å². The van der Waals surface area contributed by atoms with Gasteiger partial charge in [-0.2, -0.15) is 0 Å². The van der Waals surface area contributed by atoms with E-state index < -0.39 is 0 Å². The molecule has 2 heterocycles. The Morgan fingerprint density at radius 3 is 2.57 bits per heavy atom. The average Bonchev–Trinajstić information content (AvgIpc) is 3.19. The molecule has 6 nitrogen and oxygen atoms in total. The fourth-order valence-electron chi connectivity index (χ4n) is 3.71. The second-order valence-corrected chi connectivity index (χ2v) is 7.19. The van der Waals surface area contributed by atoms with Crippen LogP contribution in [0.1, 0.15) is 30.1 Å². The van der Waals surface area contributed by atoms with Gasteiger partial charge in [-0.15, -0.1) is 0 Å². The van der Waals surface area contributed by atoms with Gasteiger partial charge in [0.05, 0.1) is 13.2 Å². The van der Waals surface area contributed by atoms with Crippen molar-refractivity contribution in [1.29, 1.82) is 0 Å². The van der Waals surface area contributed by atoms with Crippen LogP contribution >= 0.6 is 0 Å². The van der Waals surface area contributed by atoms with Crippen molar-refractivity contribution in [2.75, 3.05) is 31.1 Å². The van der Waals surface area contributed by atoms with Crippen molar-refractivity contribution >= 4 is 17.6 Å². The highest BCUT2D eigenvalue weighted by Gasteiger charge is 2.25. The highest BCUT2D eigenvalue weighted by molar-refractivity contribution is 5.95. The number of amides is 3. The standard InChI is InChI=1S/C22H25N3O3/c26-21-7-4-12-25(21)19-10-8-17(9-11-19)15-23-22(27)24-13-14-28-20(16-24)18-5-2-1-3-6-18/h1-3,5-6,8-11,20H,4,7,12-16H2,(H,23,27)/t20-/m1/s1. The summed E-state index contributed by atoms with van der Waals surface area (Å²) >= 11 is 0. The van der Waals surface area contributed by atoms with Gasteiger partial charge in [-0.1, -0.05) is 42.5 Å². The maximum Gasteiger partial charge on any atom is 0.317 e. The number of rotatable bonds is 4. The fraction of sp³-hybridized carbons (Fsp3) is 0.364. The molecular weight excluding hydrogens is 354 g/mol. The van der Waals surface area contributed by atoms with E-state index in [1.165, 1.54) is 0 Å². The van der Waals surface area contributed by atoms with E-state index in [2.05, 4.69) is 5.32 Å². The van der Waals surface area contributed by atoms with Crippen LogP contribution in [0, 0.1) is 0 Å². The maximum absolute atomic E-state index is 12.6. The highest BCUT2D eigenvalue weighted by atomic mass is 16.5. The second-order valence-electron chi connectivity index (χ2n) is 7.19. The Morgan fingerprint density at radius 2 is 1.86 bits per heavy atom. The molecule has 0 unspecified atom stereocenters. The monoisotopic (exact) mass is 379 g/mol. The molecule has 0 aliphatic carbocycles. The molecule has 2 saturated heterocycles. The van der Waals surface area contributed by atoms with Crippen molar-refractivity contribution in [1.82, 2.24) is 10.2 Å². The number of urea groups is 1. The van der Waals surface area contributed by atoms with E-state index >= 15 is 0 Å². The minimum Gasteiger partial charge on any atom is -0.370 e. The van der Waals surface area contributed by atoms with Crippen LogP contribution in [-0.2, 0) is 16.1 Å². The minimum absolute atomic E-state index is 0.0805. The largest absolute Gasteiger partial charge is 0.370 e. The van der Waals surface area contributed by atoms with E-state index in [9.17, 15) is 9.59 Å². The van der Waals surface area contributed by atoms with Crippen LogP contribution in [0.15, 0.2) is 54.6 Å². The van der Waals surface area contributed by atoms with Crippen LogP contribution in [-0.4, -0.2) is 43.1 Å². The molecule has 6 heteroatoms. The summed E-state index contributed by atoms with van der Waals surface area (Å²) in [5, 5.41) is 2.99. The van der Waals surface area contributed by atoms with E-state index in [0.29, 0.717) is 32.7 Å². The summed E-state index contributed by atoms with van der Waals surface area (Å²) in [6.45, 7) is 2.91. The first kappa shape index (κ1) is 18.5. The lowest BCUT2D eigenvalue weighted by atomic mass is 10.1. The van der Waals surface area contributed by atoms with Crippen molar-refractivity contribution in [3.63, 3.8) is 0 Å². The number of hydrogen-bond acceptors (Lipinski definition) is 3. The van der Waals surface area contributed by atoms with Crippen LogP contribution in [0.3, 0.4) is 0 Å². The van der Waals surface area contributed by atoms with Gasteiger partial charge in [0.1, 0.15) is 6.10 Å². The van der Waals surface area contributed by atoms with E-state index in [0.717, 1.165) is 29.8 Å². The molecule has 0 aromatic heterocycles. The molecule has 146 valence electrons. The summed E-state index contributed by atoms with van der Waals surface area (Å²) < 4.78 is 5.82. The SMILES string of the molecule is O=C(NCc1ccc(N2CCCC2=O)cc1)N1CCO[C@@H](c2ccccc2)C1. The van der Waals surface area contributed by atoms with Gasteiger partial charge in [0, 0.05) is 31.7 Å². The predicted octanol–water partition coefficient (Wildman–Crippen LogP) is 3.10. The van der Waals surface area contributed by atoms with Gasteiger partial charge in [0.2, 0.25) is 5.91 Å². The lowest BCUT2D eigenvalue weighted by molar-refractivity contribution is -0.117. The summed E-state index contributed by atoms with van der Waals surface area (Å²) in [6.07, 6.45) is 1.46.